The Morgan fingerprint density at radius 2 is 1.00 bits per heavy atom. The number of rotatable bonds is 8. The molecule has 5 rings (SSSR count). The van der Waals surface area contributed by atoms with Crippen LogP contribution in [0.15, 0.2) is 78.9 Å². The topological polar surface area (TPSA) is 52.6 Å². The first-order valence-corrected chi connectivity index (χ1v) is 15.5. The first-order chi connectivity index (χ1) is 19.9. The highest BCUT2D eigenvalue weighted by Gasteiger charge is 2.28. The van der Waals surface area contributed by atoms with Crippen molar-refractivity contribution in [3.05, 3.63) is 107 Å². The molecular weight excluding hydrogens is 508 g/mol. The number of hydrogen-bond acceptors (Lipinski definition) is 4. The van der Waals surface area contributed by atoms with E-state index in [1.807, 2.05) is 54.6 Å². The summed E-state index contributed by atoms with van der Waals surface area (Å²) in [6.45, 7) is 6.43. The van der Waals surface area contributed by atoms with Crippen LogP contribution in [0.3, 0.4) is 0 Å². The molecule has 2 atom stereocenters. The molecule has 2 fully saturated rings. The molecule has 3 aromatic rings. The maximum absolute atomic E-state index is 13.3. The maximum Gasteiger partial charge on any atom is 0.338 e. The molecule has 0 heterocycles. The van der Waals surface area contributed by atoms with E-state index in [1.54, 1.807) is 6.92 Å². The summed E-state index contributed by atoms with van der Waals surface area (Å²) in [5.74, 6) is 1.90. The second kappa shape index (κ2) is 13.5. The Morgan fingerprint density at radius 3 is 1.44 bits per heavy atom. The minimum atomic E-state index is -0.726. The Hall–Kier alpha value is -3.40. The average Bonchev–Trinajstić information content (AvgIpc) is 3.01. The van der Waals surface area contributed by atoms with Crippen molar-refractivity contribution in [3.8, 4) is 0 Å². The zero-order chi connectivity index (χ0) is 28.8. The molecule has 4 nitrogen and oxygen atoms in total. The van der Waals surface area contributed by atoms with Crippen molar-refractivity contribution in [1.29, 1.82) is 0 Å². The highest BCUT2D eigenvalue weighted by atomic mass is 16.6. The molecule has 0 N–H and O–H groups in total. The molecule has 216 valence electrons. The predicted molar refractivity (Wildman–Crippen MR) is 163 cm³/mol. The normalized spacial score (nSPS) is 24.2. The minimum absolute atomic E-state index is 0.413. The van der Waals surface area contributed by atoms with Crippen LogP contribution in [0.5, 0.6) is 0 Å². The molecule has 2 aliphatic rings. The fraction of sp³-hybridized carbons (Fsp3) is 0.459. The lowest BCUT2D eigenvalue weighted by Gasteiger charge is -2.27. The Labute approximate surface area is 245 Å². The van der Waals surface area contributed by atoms with Gasteiger partial charge in [-0.15, -0.1) is 0 Å². The van der Waals surface area contributed by atoms with Crippen LogP contribution in [-0.4, -0.2) is 18.0 Å². The first kappa shape index (κ1) is 29.1. The molecule has 0 saturated heterocycles. The van der Waals surface area contributed by atoms with Crippen molar-refractivity contribution in [2.45, 2.75) is 96.2 Å². The van der Waals surface area contributed by atoms with E-state index in [0.717, 1.165) is 17.4 Å². The molecule has 3 aromatic carbocycles. The van der Waals surface area contributed by atoms with Gasteiger partial charge in [0.2, 0.25) is 0 Å². The molecule has 0 radical (unpaired) electrons. The summed E-state index contributed by atoms with van der Waals surface area (Å²) < 4.78 is 11.9. The summed E-state index contributed by atoms with van der Waals surface area (Å²) in [4.78, 5) is 26.4. The Bertz CT molecular complexity index is 1260. The van der Waals surface area contributed by atoms with Gasteiger partial charge in [0.25, 0.3) is 0 Å². The van der Waals surface area contributed by atoms with Crippen LogP contribution in [-0.2, 0) is 9.47 Å². The van der Waals surface area contributed by atoms with Gasteiger partial charge in [-0.2, -0.15) is 0 Å². The van der Waals surface area contributed by atoms with Crippen LogP contribution in [0.2, 0.25) is 0 Å². The summed E-state index contributed by atoms with van der Waals surface area (Å²) in [5, 5.41) is 0. The van der Waals surface area contributed by atoms with E-state index < -0.39 is 24.1 Å². The third-order valence-corrected chi connectivity index (χ3v) is 9.35. The van der Waals surface area contributed by atoms with Gasteiger partial charge in [-0.1, -0.05) is 94.1 Å². The van der Waals surface area contributed by atoms with Crippen molar-refractivity contribution in [1.82, 2.24) is 0 Å². The number of hydrogen-bond donors (Lipinski definition) is 0. The molecule has 41 heavy (non-hydrogen) atoms. The smallest absolute Gasteiger partial charge is 0.338 e. The molecule has 0 bridgehead atoms. The van der Waals surface area contributed by atoms with Crippen LogP contribution in [0.1, 0.15) is 127 Å². The van der Waals surface area contributed by atoms with Gasteiger partial charge in [0, 0.05) is 0 Å². The van der Waals surface area contributed by atoms with Crippen LogP contribution >= 0.6 is 0 Å². The van der Waals surface area contributed by atoms with E-state index in [1.165, 1.54) is 62.5 Å². The lowest BCUT2D eigenvalue weighted by molar-refractivity contribution is -0.0312. The highest BCUT2D eigenvalue weighted by molar-refractivity contribution is 5.90. The Morgan fingerprint density at radius 1 is 0.585 bits per heavy atom. The van der Waals surface area contributed by atoms with Crippen molar-refractivity contribution >= 4 is 11.9 Å². The molecule has 4 heteroatoms. The van der Waals surface area contributed by atoms with Crippen molar-refractivity contribution in [2.24, 2.45) is 11.8 Å². The lowest BCUT2D eigenvalue weighted by atomic mass is 9.79. The van der Waals surface area contributed by atoms with E-state index in [0.29, 0.717) is 23.0 Å². The van der Waals surface area contributed by atoms with Gasteiger partial charge >= 0.3 is 11.9 Å². The zero-order valence-electron chi connectivity index (χ0n) is 24.8. The molecular formula is C37H44O4. The summed E-state index contributed by atoms with van der Waals surface area (Å²) in [6.07, 6.45) is 8.45. The molecule has 2 saturated carbocycles. The molecule has 0 unspecified atom stereocenters. The zero-order valence-corrected chi connectivity index (χ0v) is 24.8. The second-order valence-corrected chi connectivity index (χ2v) is 12.5. The molecule has 2 aliphatic carbocycles. The standard InChI is InChI=1S/C37H44O4/c1-25-9-13-28(14-10-25)30-17-21-33(22-18-30)36(38)40-27(3)35(32-7-5-4-6-8-32)41-37(39)34-23-19-31(20-24-34)29-15-11-26(2)12-16-29/h4-8,17-29,35H,9-16H2,1-3H3/t25?,26?,27-,28?,29?,35+/m0/s1. The fourth-order valence-corrected chi connectivity index (χ4v) is 6.53. The minimum Gasteiger partial charge on any atom is -0.455 e. The van der Waals surface area contributed by atoms with E-state index in [4.69, 9.17) is 9.47 Å². The predicted octanol–water partition coefficient (Wildman–Crippen LogP) is 9.42. The van der Waals surface area contributed by atoms with Gasteiger partial charge in [-0.3, -0.25) is 0 Å². The number of esters is 2. The largest absolute Gasteiger partial charge is 0.455 e. The highest BCUT2D eigenvalue weighted by Crippen LogP contribution is 2.37. The monoisotopic (exact) mass is 552 g/mol. The second-order valence-electron chi connectivity index (χ2n) is 12.5. The molecule has 0 aromatic heterocycles. The quantitative estimate of drug-likeness (QED) is 0.261. The Balaban J connectivity index is 1.24. The summed E-state index contributed by atoms with van der Waals surface area (Å²) in [5.41, 5.74) is 4.39. The molecule has 0 spiro atoms. The van der Waals surface area contributed by atoms with Gasteiger partial charge in [-0.25, -0.2) is 9.59 Å². The third kappa shape index (κ3) is 7.47. The van der Waals surface area contributed by atoms with E-state index >= 15 is 0 Å². The van der Waals surface area contributed by atoms with Gasteiger partial charge in [0.1, 0.15) is 6.10 Å². The third-order valence-electron chi connectivity index (χ3n) is 9.35. The first-order valence-electron chi connectivity index (χ1n) is 15.5. The SMILES string of the molecule is CC1CCC(c2ccc(C(=O)O[C@@H](C)[C@@H](OC(=O)c3ccc(C4CCC(C)CC4)cc3)c3ccccc3)cc2)CC1. The number of ether oxygens (including phenoxy) is 2. The van der Waals surface area contributed by atoms with Crippen molar-refractivity contribution in [2.75, 3.05) is 0 Å². The van der Waals surface area contributed by atoms with E-state index in [9.17, 15) is 9.59 Å². The lowest BCUT2D eigenvalue weighted by Crippen LogP contribution is -2.27. The Kier molecular flexibility index (Phi) is 9.59. The van der Waals surface area contributed by atoms with E-state index in [-0.39, 0.29) is 0 Å². The van der Waals surface area contributed by atoms with Crippen LogP contribution in [0, 0.1) is 11.8 Å². The van der Waals surface area contributed by atoms with Gasteiger partial charge in [0.15, 0.2) is 6.10 Å². The van der Waals surface area contributed by atoms with E-state index in [2.05, 4.69) is 38.1 Å². The molecule has 0 aliphatic heterocycles. The van der Waals surface area contributed by atoms with Crippen molar-refractivity contribution < 1.29 is 19.1 Å². The van der Waals surface area contributed by atoms with Crippen LogP contribution in [0.25, 0.3) is 0 Å². The number of carbonyl (C=O) groups is 2. The van der Waals surface area contributed by atoms with Crippen LogP contribution < -0.4 is 0 Å². The van der Waals surface area contributed by atoms with Gasteiger partial charge in [0.05, 0.1) is 11.1 Å². The van der Waals surface area contributed by atoms with Crippen molar-refractivity contribution in [3.63, 3.8) is 0 Å². The summed E-state index contributed by atoms with van der Waals surface area (Å²) >= 11 is 0. The van der Waals surface area contributed by atoms with Crippen LogP contribution in [0.4, 0.5) is 0 Å². The number of benzene rings is 3. The van der Waals surface area contributed by atoms with Gasteiger partial charge < -0.3 is 9.47 Å². The molecule has 0 amide bonds. The summed E-state index contributed by atoms with van der Waals surface area (Å²) in [6, 6.07) is 25.2. The maximum atomic E-state index is 13.3. The fourth-order valence-electron chi connectivity index (χ4n) is 6.53. The average molecular weight is 553 g/mol. The number of carbonyl (C=O) groups excluding carboxylic acids is 2. The summed E-state index contributed by atoms with van der Waals surface area (Å²) in [7, 11) is 0. The van der Waals surface area contributed by atoms with Gasteiger partial charge in [-0.05, 0) is 97.2 Å².